The monoisotopic (exact) mass is 152 g/mol. The van der Waals surface area contributed by atoms with Crippen LogP contribution in [0.1, 0.15) is 0 Å². The van der Waals surface area contributed by atoms with E-state index in [2.05, 4.69) is 0 Å². The Labute approximate surface area is 52.7 Å². The minimum Gasteiger partial charge on any atom is 1.00 e. The van der Waals surface area contributed by atoms with Crippen molar-refractivity contribution in [3.8, 4) is 0 Å². The Bertz CT molecular complexity index is 67.1. The summed E-state index contributed by atoms with van der Waals surface area (Å²) in [6.45, 7) is 0. The molecule has 0 aliphatic rings. The van der Waals surface area contributed by atoms with E-state index in [9.17, 15) is 25.2 Å². The summed E-state index contributed by atoms with van der Waals surface area (Å²) in [5.74, 6) is 0. The van der Waals surface area contributed by atoms with Gasteiger partial charge in [0.1, 0.15) is 0 Å². The quantitative estimate of drug-likeness (QED) is 0.267. The third-order valence-corrected chi connectivity index (χ3v) is 0. The molecule has 0 amide bonds. The zero-order valence-corrected chi connectivity index (χ0v) is 4.61. The molecule has 0 aromatic rings. The average molecular weight is 152 g/mol. The van der Waals surface area contributed by atoms with Gasteiger partial charge in [0.05, 0.1) is 0 Å². The van der Waals surface area contributed by atoms with Crippen LogP contribution >= 0.6 is 7.81 Å². The van der Waals surface area contributed by atoms with Crippen molar-refractivity contribution in [1.29, 1.82) is 0 Å². The number of hydrogen-bond acceptors (Lipinski definition) is 0. The van der Waals surface area contributed by atoms with Gasteiger partial charge in [-0.25, -0.2) is 0 Å². The Hall–Kier alpha value is 0.607. The molecule has 0 aromatic carbocycles. The maximum absolute atomic E-state index is 10.7. The van der Waals surface area contributed by atoms with E-state index < -0.39 is 7.81 Å². The standard InChI is InChI=1S/F6P.Li/c1-7(2,3,4,5)6;/q-1;+1. The van der Waals surface area contributed by atoms with Gasteiger partial charge in [-0.15, -0.1) is 0 Å². The van der Waals surface area contributed by atoms with E-state index in [0.717, 1.165) is 0 Å². The van der Waals surface area contributed by atoms with E-state index in [0.29, 0.717) is 0 Å². The molecule has 0 N–H and O–H groups in total. The first-order chi connectivity index (χ1) is 2.45. The summed E-state index contributed by atoms with van der Waals surface area (Å²) >= 11 is 0. The summed E-state index contributed by atoms with van der Waals surface area (Å²) < 4.78 is 59.2. The maximum Gasteiger partial charge on any atom is 1.00 e. The largest absolute Gasteiger partial charge is 1.00 e. The van der Waals surface area contributed by atoms with Crippen molar-refractivity contribution in [2.45, 2.75) is 0 Å². The number of halogens is 6. The summed E-state index contributed by atoms with van der Waals surface area (Å²) in [4.78, 5) is 0. The molecule has 8 heteroatoms. The first-order valence-electron chi connectivity index (χ1n) is 1.01. The van der Waals surface area contributed by atoms with Gasteiger partial charge in [-0.2, -0.15) is 0 Å². The molecule has 0 nitrogen and oxygen atoms in total. The molecule has 0 heterocycles. The second kappa shape index (κ2) is 1.36. The summed E-state index contributed by atoms with van der Waals surface area (Å²) in [5.41, 5.74) is 0. The van der Waals surface area contributed by atoms with Gasteiger partial charge < -0.3 is 0 Å². The summed E-state index contributed by atoms with van der Waals surface area (Å²) in [5, 5.41) is 0. The van der Waals surface area contributed by atoms with Crippen molar-refractivity contribution in [1.82, 2.24) is 0 Å². The fourth-order valence-corrected chi connectivity index (χ4v) is 0. The molecule has 0 aliphatic carbocycles. The van der Waals surface area contributed by atoms with Crippen LogP contribution < -0.4 is 18.9 Å². The van der Waals surface area contributed by atoms with Gasteiger partial charge in [0, 0.05) is 0 Å². The van der Waals surface area contributed by atoms with Crippen molar-refractivity contribution in [3.05, 3.63) is 0 Å². The molecule has 0 atom stereocenters. The molecule has 0 aromatic heterocycles. The first-order valence-corrected chi connectivity index (χ1v) is 3.04. The van der Waals surface area contributed by atoms with E-state index >= 15 is 0 Å². The fourth-order valence-electron chi connectivity index (χ4n) is 0. The summed E-state index contributed by atoms with van der Waals surface area (Å²) in [7, 11) is -10.7. The van der Waals surface area contributed by atoms with Crippen LogP contribution in [0.15, 0.2) is 0 Å². The Kier molecular flexibility index (Phi) is 1.94. The third kappa shape index (κ3) is 563. The van der Waals surface area contributed by atoms with Crippen LogP contribution in [0.3, 0.4) is 0 Å². The van der Waals surface area contributed by atoms with Crippen LogP contribution in [-0.4, -0.2) is 0 Å². The van der Waals surface area contributed by atoms with Crippen LogP contribution in [0.4, 0.5) is 25.2 Å². The summed E-state index contributed by atoms with van der Waals surface area (Å²) in [6, 6.07) is 0. The molecule has 0 saturated heterocycles. The SMILES string of the molecule is F[P-](F)(F)(F)(F)F.[Li+]. The normalized spacial score (nSPS) is 20.2. The minimum absolute atomic E-state index is 0. The molecule has 0 rings (SSSR count). The Morgan fingerprint density at radius 2 is 0.625 bits per heavy atom. The van der Waals surface area contributed by atoms with Gasteiger partial charge in [-0.05, 0) is 0 Å². The van der Waals surface area contributed by atoms with E-state index in [-0.39, 0.29) is 18.9 Å². The predicted molar refractivity (Wildman–Crippen MR) is 13.6 cm³/mol. The molecule has 0 spiro atoms. The molecule has 0 saturated carbocycles. The number of hydrogen-bond donors (Lipinski definition) is 0. The van der Waals surface area contributed by atoms with Crippen LogP contribution in [0.25, 0.3) is 0 Å². The Balaban J connectivity index is 0. The van der Waals surface area contributed by atoms with Crippen molar-refractivity contribution in [3.63, 3.8) is 0 Å². The smallest absolute Gasteiger partial charge is 1.00 e. The Morgan fingerprint density at radius 3 is 0.625 bits per heavy atom. The third-order valence-electron chi connectivity index (χ3n) is 0. The van der Waals surface area contributed by atoms with Crippen LogP contribution in [0.2, 0.25) is 0 Å². The predicted octanol–water partition coefficient (Wildman–Crippen LogP) is 0.386. The van der Waals surface area contributed by atoms with Gasteiger partial charge >= 0.3 is 51.9 Å². The average Bonchev–Trinajstić information content (AvgIpc) is 0.592. The topological polar surface area (TPSA) is 0 Å². The van der Waals surface area contributed by atoms with Crippen molar-refractivity contribution >= 4 is 7.81 Å². The molecular formula is F6LiP. The number of rotatable bonds is 0. The molecule has 0 radical (unpaired) electrons. The molecule has 0 bridgehead atoms. The second-order valence-electron chi connectivity index (χ2n) is 0.958. The van der Waals surface area contributed by atoms with Gasteiger partial charge in [-0.1, -0.05) is 0 Å². The molecule has 48 valence electrons. The van der Waals surface area contributed by atoms with Crippen molar-refractivity contribution in [2.24, 2.45) is 0 Å². The maximum atomic E-state index is 9.87. The molecule has 8 heavy (non-hydrogen) atoms. The van der Waals surface area contributed by atoms with Gasteiger partial charge in [0.15, 0.2) is 0 Å². The zero-order chi connectivity index (χ0) is 6.41. The molecule has 0 unspecified atom stereocenters. The van der Waals surface area contributed by atoms with Crippen LogP contribution in [0.5, 0.6) is 0 Å². The minimum atomic E-state index is -10.7. The van der Waals surface area contributed by atoms with E-state index in [4.69, 9.17) is 0 Å². The van der Waals surface area contributed by atoms with Gasteiger partial charge in [0.25, 0.3) is 0 Å². The zero-order valence-electron chi connectivity index (χ0n) is 3.72. The van der Waals surface area contributed by atoms with E-state index in [1.807, 2.05) is 0 Å². The van der Waals surface area contributed by atoms with Crippen molar-refractivity contribution < 1.29 is 44.0 Å². The van der Waals surface area contributed by atoms with Crippen LogP contribution in [0, 0.1) is 0 Å². The van der Waals surface area contributed by atoms with Gasteiger partial charge in [0.2, 0.25) is 0 Å². The van der Waals surface area contributed by atoms with Crippen LogP contribution in [-0.2, 0) is 0 Å². The first kappa shape index (κ1) is 11.4. The second-order valence-corrected chi connectivity index (χ2v) is 2.87. The molecule has 0 aliphatic heterocycles. The molecule has 0 fully saturated rings. The van der Waals surface area contributed by atoms with Crippen molar-refractivity contribution in [2.75, 3.05) is 0 Å². The van der Waals surface area contributed by atoms with E-state index in [1.165, 1.54) is 0 Å². The summed E-state index contributed by atoms with van der Waals surface area (Å²) in [6.07, 6.45) is 0. The fraction of sp³-hybridized carbons (Fsp3) is 0. The molecular weight excluding hydrogens is 152 g/mol. The Morgan fingerprint density at radius 1 is 0.625 bits per heavy atom. The van der Waals surface area contributed by atoms with E-state index in [1.54, 1.807) is 0 Å². The van der Waals surface area contributed by atoms with Gasteiger partial charge in [-0.3, -0.25) is 0 Å².